The number of imidazole rings is 1. The standard InChI is InChI=1S/C21H16ClF2N5O3/c22-14-8-16(24)15(23)7-13(14)20(31)27-11-3-5-12(6-4-11)29-9-26-17(18(29)19(25)30)21(32)28-10-1-2-10/h3-10H,1-2H2,(H2,25,30)(H,27,31)(H,28,32). The molecular weight excluding hydrogens is 444 g/mol. The number of anilines is 1. The first kappa shape index (κ1) is 21.4. The molecule has 3 amide bonds. The summed E-state index contributed by atoms with van der Waals surface area (Å²) in [5.41, 5.74) is 5.88. The molecule has 8 nitrogen and oxygen atoms in total. The Balaban J connectivity index is 1.56. The van der Waals surface area contributed by atoms with Gasteiger partial charge in [-0.05, 0) is 49.2 Å². The van der Waals surface area contributed by atoms with Crippen molar-refractivity contribution in [2.75, 3.05) is 5.32 Å². The summed E-state index contributed by atoms with van der Waals surface area (Å²) in [5.74, 6) is -4.40. The van der Waals surface area contributed by atoms with E-state index in [1.165, 1.54) is 23.0 Å². The second-order valence-electron chi connectivity index (χ2n) is 7.17. The molecule has 1 aromatic heterocycles. The average molecular weight is 460 g/mol. The molecule has 4 rings (SSSR count). The Hall–Kier alpha value is -3.79. The van der Waals surface area contributed by atoms with Crippen molar-refractivity contribution in [3.8, 4) is 5.69 Å². The predicted molar refractivity (Wildman–Crippen MR) is 112 cm³/mol. The van der Waals surface area contributed by atoms with E-state index in [0.717, 1.165) is 18.9 Å². The van der Waals surface area contributed by atoms with Crippen LogP contribution in [-0.4, -0.2) is 33.3 Å². The average Bonchev–Trinajstić information content (AvgIpc) is 3.44. The van der Waals surface area contributed by atoms with Crippen molar-refractivity contribution in [2.45, 2.75) is 18.9 Å². The number of amides is 3. The first-order valence-corrected chi connectivity index (χ1v) is 9.86. The summed E-state index contributed by atoms with van der Waals surface area (Å²) in [6.07, 6.45) is 3.05. The largest absolute Gasteiger partial charge is 0.364 e. The van der Waals surface area contributed by atoms with Gasteiger partial charge in [-0.2, -0.15) is 0 Å². The molecule has 4 N–H and O–H groups in total. The van der Waals surface area contributed by atoms with Crippen molar-refractivity contribution < 1.29 is 23.2 Å². The second kappa shape index (κ2) is 8.39. The van der Waals surface area contributed by atoms with Gasteiger partial charge in [0, 0.05) is 17.4 Å². The van der Waals surface area contributed by atoms with E-state index in [-0.39, 0.29) is 28.0 Å². The van der Waals surface area contributed by atoms with Crippen LogP contribution in [0.1, 0.15) is 44.2 Å². The van der Waals surface area contributed by atoms with Crippen molar-refractivity contribution in [2.24, 2.45) is 5.73 Å². The number of carbonyl (C=O) groups excluding carboxylic acids is 3. The molecule has 0 unspecified atom stereocenters. The Bertz CT molecular complexity index is 1240. The summed E-state index contributed by atoms with van der Waals surface area (Å²) < 4.78 is 28.0. The van der Waals surface area contributed by atoms with Crippen LogP contribution in [0.3, 0.4) is 0 Å². The number of primary amides is 1. The number of nitrogens with two attached hydrogens (primary N) is 1. The minimum absolute atomic E-state index is 0.0743. The Morgan fingerprint density at radius 2 is 1.72 bits per heavy atom. The van der Waals surface area contributed by atoms with Gasteiger partial charge in [-0.3, -0.25) is 19.0 Å². The van der Waals surface area contributed by atoms with Crippen molar-refractivity contribution >= 4 is 35.0 Å². The molecule has 32 heavy (non-hydrogen) atoms. The summed E-state index contributed by atoms with van der Waals surface area (Å²) in [4.78, 5) is 40.7. The van der Waals surface area contributed by atoms with E-state index in [2.05, 4.69) is 15.6 Å². The maximum Gasteiger partial charge on any atom is 0.272 e. The zero-order valence-corrected chi connectivity index (χ0v) is 17.1. The minimum Gasteiger partial charge on any atom is -0.364 e. The van der Waals surface area contributed by atoms with Gasteiger partial charge in [0.05, 0.1) is 10.6 Å². The van der Waals surface area contributed by atoms with Crippen LogP contribution in [0, 0.1) is 11.6 Å². The molecule has 0 spiro atoms. The quantitative estimate of drug-likeness (QED) is 0.491. The molecule has 1 fully saturated rings. The van der Waals surface area contributed by atoms with Crippen molar-refractivity contribution in [3.05, 3.63) is 76.3 Å². The van der Waals surface area contributed by atoms with Gasteiger partial charge >= 0.3 is 0 Å². The Morgan fingerprint density at radius 3 is 2.34 bits per heavy atom. The molecule has 1 aliphatic carbocycles. The molecule has 3 aromatic rings. The van der Waals surface area contributed by atoms with Crippen LogP contribution in [0.25, 0.3) is 5.69 Å². The number of nitrogens with one attached hydrogen (secondary N) is 2. The molecule has 0 radical (unpaired) electrons. The van der Waals surface area contributed by atoms with E-state index in [9.17, 15) is 23.2 Å². The number of carbonyl (C=O) groups is 3. The van der Waals surface area contributed by atoms with Gasteiger partial charge in [0.25, 0.3) is 17.7 Å². The summed E-state index contributed by atoms with van der Waals surface area (Å²) in [6, 6.07) is 7.64. The van der Waals surface area contributed by atoms with Crippen molar-refractivity contribution in [1.29, 1.82) is 0 Å². The number of halogens is 3. The molecule has 0 saturated heterocycles. The Morgan fingerprint density at radius 1 is 1.06 bits per heavy atom. The number of hydrogen-bond donors (Lipinski definition) is 3. The Labute approximate surface area is 185 Å². The van der Waals surface area contributed by atoms with E-state index in [4.69, 9.17) is 17.3 Å². The maximum atomic E-state index is 13.4. The molecule has 11 heteroatoms. The number of benzene rings is 2. The van der Waals surface area contributed by atoms with Crippen LogP contribution in [0.2, 0.25) is 5.02 Å². The first-order valence-electron chi connectivity index (χ1n) is 9.49. The number of aromatic nitrogens is 2. The monoisotopic (exact) mass is 459 g/mol. The smallest absolute Gasteiger partial charge is 0.272 e. The van der Waals surface area contributed by atoms with Crippen LogP contribution in [0.4, 0.5) is 14.5 Å². The fourth-order valence-corrected chi connectivity index (χ4v) is 3.26. The maximum absolute atomic E-state index is 13.4. The number of hydrogen-bond acceptors (Lipinski definition) is 4. The lowest BCUT2D eigenvalue weighted by molar-refractivity contribution is 0.0928. The third-order valence-corrected chi connectivity index (χ3v) is 5.10. The molecule has 164 valence electrons. The Kier molecular flexibility index (Phi) is 5.62. The van der Waals surface area contributed by atoms with E-state index < -0.39 is 29.4 Å². The van der Waals surface area contributed by atoms with Crippen molar-refractivity contribution in [3.63, 3.8) is 0 Å². The fraction of sp³-hybridized carbons (Fsp3) is 0.143. The van der Waals surface area contributed by atoms with E-state index in [1.54, 1.807) is 12.1 Å². The zero-order chi connectivity index (χ0) is 23.0. The van der Waals surface area contributed by atoms with Crippen LogP contribution < -0.4 is 16.4 Å². The highest BCUT2D eigenvalue weighted by molar-refractivity contribution is 6.34. The van der Waals surface area contributed by atoms with Gasteiger partial charge < -0.3 is 16.4 Å². The van der Waals surface area contributed by atoms with Gasteiger partial charge in [0.2, 0.25) is 0 Å². The highest BCUT2D eigenvalue weighted by atomic mass is 35.5. The van der Waals surface area contributed by atoms with Crippen LogP contribution in [-0.2, 0) is 0 Å². The number of rotatable bonds is 6. The van der Waals surface area contributed by atoms with Gasteiger partial charge in [-0.25, -0.2) is 13.8 Å². The highest BCUT2D eigenvalue weighted by Gasteiger charge is 2.28. The molecular formula is C21H16ClF2N5O3. The van der Waals surface area contributed by atoms with Crippen molar-refractivity contribution in [1.82, 2.24) is 14.9 Å². The van der Waals surface area contributed by atoms with Crippen LogP contribution >= 0.6 is 11.6 Å². The van der Waals surface area contributed by atoms with E-state index in [0.29, 0.717) is 17.4 Å². The summed E-state index contributed by atoms with van der Waals surface area (Å²) in [5, 5.41) is 5.04. The lowest BCUT2D eigenvalue weighted by Crippen LogP contribution is -2.29. The zero-order valence-electron chi connectivity index (χ0n) is 16.4. The van der Waals surface area contributed by atoms with Gasteiger partial charge in [-0.1, -0.05) is 11.6 Å². The van der Waals surface area contributed by atoms with E-state index in [1.807, 2.05) is 0 Å². The fourth-order valence-electron chi connectivity index (χ4n) is 3.03. The molecule has 1 saturated carbocycles. The molecule has 1 heterocycles. The summed E-state index contributed by atoms with van der Waals surface area (Å²) in [6.45, 7) is 0. The molecule has 0 bridgehead atoms. The summed E-state index contributed by atoms with van der Waals surface area (Å²) in [7, 11) is 0. The molecule has 0 aliphatic heterocycles. The normalized spacial score (nSPS) is 13.0. The lowest BCUT2D eigenvalue weighted by Gasteiger charge is -2.10. The lowest BCUT2D eigenvalue weighted by atomic mass is 10.2. The molecule has 1 aliphatic rings. The first-order chi connectivity index (χ1) is 15.2. The second-order valence-corrected chi connectivity index (χ2v) is 7.58. The number of nitrogens with zero attached hydrogens (tertiary/aromatic N) is 2. The summed E-state index contributed by atoms with van der Waals surface area (Å²) >= 11 is 5.82. The predicted octanol–water partition coefficient (Wildman–Crippen LogP) is 3.05. The topological polar surface area (TPSA) is 119 Å². The van der Waals surface area contributed by atoms with E-state index >= 15 is 0 Å². The minimum atomic E-state index is -1.20. The highest BCUT2D eigenvalue weighted by Crippen LogP contribution is 2.23. The van der Waals surface area contributed by atoms with Crippen LogP contribution in [0.5, 0.6) is 0 Å². The third kappa shape index (κ3) is 4.30. The SMILES string of the molecule is NC(=O)c1c(C(=O)NC2CC2)ncn1-c1ccc(NC(=O)c2cc(F)c(F)cc2Cl)cc1. The molecule has 0 atom stereocenters. The van der Waals surface area contributed by atoms with Crippen LogP contribution in [0.15, 0.2) is 42.7 Å². The van der Waals surface area contributed by atoms with Gasteiger partial charge in [0.1, 0.15) is 12.0 Å². The third-order valence-electron chi connectivity index (χ3n) is 4.79. The molecule has 2 aromatic carbocycles. The van der Waals surface area contributed by atoms with Gasteiger partial charge in [-0.15, -0.1) is 0 Å². The van der Waals surface area contributed by atoms with Gasteiger partial charge in [0.15, 0.2) is 17.3 Å².